The predicted molar refractivity (Wildman–Crippen MR) is 62.5 cm³/mol. The van der Waals surface area contributed by atoms with Crippen LogP contribution in [0, 0.1) is 0 Å². The standard InChI is InChI=1S/C12H24N2/c1-4-9-14(11(3)5-2)12-7-6-8-13-10-12/h5,11-13H,2,4,6-10H2,1,3H3. The Kier molecular flexibility index (Phi) is 5.20. The van der Waals surface area contributed by atoms with Crippen molar-refractivity contribution in [1.82, 2.24) is 10.2 Å². The predicted octanol–water partition coefficient (Wildman–Crippen LogP) is 2.02. The van der Waals surface area contributed by atoms with Gasteiger partial charge in [-0.3, -0.25) is 4.90 Å². The number of piperidine rings is 1. The second-order valence-electron chi connectivity index (χ2n) is 4.21. The van der Waals surface area contributed by atoms with Gasteiger partial charge < -0.3 is 5.32 Å². The van der Waals surface area contributed by atoms with Gasteiger partial charge in [0.1, 0.15) is 0 Å². The molecule has 2 heteroatoms. The highest BCUT2D eigenvalue weighted by atomic mass is 15.2. The Hall–Kier alpha value is -0.340. The molecule has 2 atom stereocenters. The highest BCUT2D eigenvalue weighted by Gasteiger charge is 2.22. The molecule has 1 aliphatic rings. The molecule has 0 aromatic carbocycles. The molecule has 1 N–H and O–H groups in total. The van der Waals surface area contributed by atoms with Crippen molar-refractivity contribution >= 4 is 0 Å². The lowest BCUT2D eigenvalue weighted by molar-refractivity contribution is 0.142. The number of nitrogens with one attached hydrogen (secondary N) is 1. The highest BCUT2D eigenvalue weighted by Crippen LogP contribution is 2.14. The van der Waals surface area contributed by atoms with Crippen molar-refractivity contribution in [3.05, 3.63) is 12.7 Å². The molecule has 0 saturated carbocycles. The fourth-order valence-corrected chi connectivity index (χ4v) is 2.23. The third kappa shape index (κ3) is 3.10. The Morgan fingerprint density at radius 3 is 2.93 bits per heavy atom. The van der Waals surface area contributed by atoms with Gasteiger partial charge in [0, 0.05) is 18.6 Å². The molecule has 1 saturated heterocycles. The summed E-state index contributed by atoms with van der Waals surface area (Å²) in [6, 6.07) is 1.23. The zero-order valence-corrected chi connectivity index (χ0v) is 9.63. The van der Waals surface area contributed by atoms with E-state index in [4.69, 9.17) is 0 Å². The van der Waals surface area contributed by atoms with Crippen molar-refractivity contribution < 1.29 is 0 Å². The quantitative estimate of drug-likeness (QED) is 0.677. The van der Waals surface area contributed by atoms with Gasteiger partial charge in [0.25, 0.3) is 0 Å². The Morgan fingerprint density at radius 1 is 1.64 bits per heavy atom. The molecule has 0 aromatic rings. The zero-order chi connectivity index (χ0) is 10.4. The molecule has 1 fully saturated rings. The maximum atomic E-state index is 3.90. The minimum Gasteiger partial charge on any atom is -0.315 e. The average molecular weight is 196 g/mol. The molecule has 1 heterocycles. The SMILES string of the molecule is C=CC(C)N(CCC)C1CCCNC1. The molecule has 14 heavy (non-hydrogen) atoms. The van der Waals surface area contributed by atoms with Gasteiger partial charge in [0.15, 0.2) is 0 Å². The lowest BCUT2D eigenvalue weighted by Gasteiger charge is -2.37. The van der Waals surface area contributed by atoms with Gasteiger partial charge >= 0.3 is 0 Å². The summed E-state index contributed by atoms with van der Waals surface area (Å²) in [4.78, 5) is 2.58. The van der Waals surface area contributed by atoms with E-state index in [0.717, 1.165) is 12.6 Å². The first kappa shape index (κ1) is 11.7. The Bertz CT molecular complexity index is 162. The summed E-state index contributed by atoms with van der Waals surface area (Å²) in [6.45, 7) is 11.9. The summed E-state index contributed by atoms with van der Waals surface area (Å²) in [5.41, 5.74) is 0. The van der Waals surface area contributed by atoms with Crippen LogP contribution in [0.1, 0.15) is 33.1 Å². The maximum absolute atomic E-state index is 3.90. The summed E-state index contributed by atoms with van der Waals surface area (Å²) in [6.07, 6.45) is 5.94. The monoisotopic (exact) mass is 196 g/mol. The van der Waals surface area contributed by atoms with Crippen LogP contribution < -0.4 is 5.32 Å². The summed E-state index contributed by atoms with van der Waals surface area (Å²) in [5.74, 6) is 0. The first-order chi connectivity index (χ1) is 6.79. The summed E-state index contributed by atoms with van der Waals surface area (Å²) >= 11 is 0. The summed E-state index contributed by atoms with van der Waals surface area (Å²) in [5, 5.41) is 3.48. The van der Waals surface area contributed by atoms with E-state index in [0.29, 0.717) is 6.04 Å². The fraction of sp³-hybridized carbons (Fsp3) is 0.833. The molecule has 82 valence electrons. The Morgan fingerprint density at radius 2 is 2.43 bits per heavy atom. The normalized spacial score (nSPS) is 24.9. The molecular weight excluding hydrogens is 172 g/mol. The molecule has 2 unspecified atom stereocenters. The van der Waals surface area contributed by atoms with E-state index < -0.39 is 0 Å². The van der Waals surface area contributed by atoms with E-state index in [9.17, 15) is 0 Å². The molecule has 0 bridgehead atoms. The van der Waals surface area contributed by atoms with E-state index >= 15 is 0 Å². The van der Waals surface area contributed by atoms with Crippen LogP contribution in [0.3, 0.4) is 0 Å². The zero-order valence-electron chi connectivity index (χ0n) is 9.63. The lowest BCUT2D eigenvalue weighted by Crippen LogP contribution is -2.49. The highest BCUT2D eigenvalue weighted by molar-refractivity contribution is 4.89. The van der Waals surface area contributed by atoms with E-state index in [1.807, 2.05) is 0 Å². The van der Waals surface area contributed by atoms with Crippen LogP contribution in [0.4, 0.5) is 0 Å². The van der Waals surface area contributed by atoms with Gasteiger partial charge in [-0.15, -0.1) is 6.58 Å². The third-order valence-corrected chi connectivity index (χ3v) is 3.09. The van der Waals surface area contributed by atoms with Crippen LogP contribution in [0.25, 0.3) is 0 Å². The van der Waals surface area contributed by atoms with E-state index in [1.54, 1.807) is 0 Å². The first-order valence-electron chi connectivity index (χ1n) is 5.88. The molecule has 2 nitrogen and oxygen atoms in total. The Labute approximate surface area is 88.4 Å². The van der Waals surface area contributed by atoms with Gasteiger partial charge in [-0.25, -0.2) is 0 Å². The van der Waals surface area contributed by atoms with Crippen molar-refractivity contribution in [3.63, 3.8) is 0 Å². The number of hydrogen-bond acceptors (Lipinski definition) is 2. The van der Waals surface area contributed by atoms with E-state index in [-0.39, 0.29) is 0 Å². The van der Waals surface area contributed by atoms with Crippen LogP contribution in [0.15, 0.2) is 12.7 Å². The van der Waals surface area contributed by atoms with Crippen LogP contribution in [-0.2, 0) is 0 Å². The molecule has 0 radical (unpaired) electrons. The van der Waals surface area contributed by atoms with E-state index in [2.05, 4.69) is 36.7 Å². The number of nitrogens with zero attached hydrogens (tertiary/aromatic N) is 1. The summed E-state index contributed by atoms with van der Waals surface area (Å²) < 4.78 is 0. The minimum atomic E-state index is 0.514. The first-order valence-corrected chi connectivity index (χ1v) is 5.88. The van der Waals surface area contributed by atoms with E-state index in [1.165, 1.54) is 32.4 Å². The number of rotatable bonds is 5. The van der Waals surface area contributed by atoms with Crippen molar-refractivity contribution in [2.45, 2.75) is 45.2 Å². The molecule has 0 aliphatic carbocycles. The van der Waals surface area contributed by atoms with Crippen molar-refractivity contribution in [3.8, 4) is 0 Å². The van der Waals surface area contributed by atoms with Crippen LogP contribution in [-0.4, -0.2) is 36.6 Å². The molecular formula is C12H24N2. The van der Waals surface area contributed by atoms with Crippen molar-refractivity contribution in [1.29, 1.82) is 0 Å². The second kappa shape index (κ2) is 6.20. The van der Waals surface area contributed by atoms with Gasteiger partial charge in [-0.05, 0) is 39.3 Å². The topological polar surface area (TPSA) is 15.3 Å². The maximum Gasteiger partial charge on any atom is 0.0250 e. The van der Waals surface area contributed by atoms with Gasteiger partial charge in [-0.1, -0.05) is 13.0 Å². The lowest BCUT2D eigenvalue weighted by atomic mass is 10.0. The second-order valence-corrected chi connectivity index (χ2v) is 4.21. The van der Waals surface area contributed by atoms with Gasteiger partial charge in [0.2, 0.25) is 0 Å². The minimum absolute atomic E-state index is 0.514. The smallest absolute Gasteiger partial charge is 0.0250 e. The molecule has 0 aromatic heterocycles. The largest absolute Gasteiger partial charge is 0.315 e. The molecule has 0 amide bonds. The molecule has 0 spiro atoms. The number of hydrogen-bond donors (Lipinski definition) is 1. The Balaban J connectivity index is 2.50. The van der Waals surface area contributed by atoms with Crippen molar-refractivity contribution in [2.75, 3.05) is 19.6 Å². The van der Waals surface area contributed by atoms with Gasteiger partial charge in [-0.2, -0.15) is 0 Å². The van der Waals surface area contributed by atoms with Crippen molar-refractivity contribution in [2.24, 2.45) is 0 Å². The average Bonchev–Trinajstić information content (AvgIpc) is 2.26. The van der Waals surface area contributed by atoms with Crippen LogP contribution in [0.2, 0.25) is 0 Å². The summed E-state index contributed by atoms with van der Waals surface area (Å²) in [7, 11) is 0. The third-order valence-electron chi connectivity index (χ3n) is 3.09. The van der Waals surface area contributed by atoms with Crippen LogP contribution in [0.5, 0.6) is 0 Å². The molecule has 1 rings (SSSR count). The molecule has 1 aliphatic heterocycles. The van der Waals surface area contributed by atoms with Gasteiger partial charge in [0.05, 0.1) is 0 Å². The fourth-order valence-electron chi connectivity index (χ4n) is 2.23. The van der Waals surface area contributed by atoms with Crippen LogP contribution >= 0.6 is 0 Å².